The minimum Gasteiger partial charge on any atom is -0.463 e. The van der Waals surface area contributed by atoms with Gasteiger partial charge in [-0.25, -0.2) is 0 Å². The van der Waals surface area contributed by atoms with Crippen LogP contribution in [-0.4, -0.2) is 37.9 Å². The maximum absolute atomic E-state index is 12.7. The van der Waals surface area contributed by atoms with Gasteiger partial charge < -0.3 is 14.2 Å². The first kappa shape index (κ1) is 68.6. The summed E-state index contributed by atoms with van der Waals surface area (Å²) in [6, 6.07) is 0. The third-order valence-electron chi connectivity index (χ3n) is 14.8. The first-order valence-electron chi connectivity index (χ1n) is 32.2. The van der Waals surface area contributed by atoms with Crippen LogP contribution >= 0.6 is 0 Å². The fourth-order valence-electron chi connectivity index (χ4n) is 9.96. The van der Waals surface area contributed by atoms with Crippen molar-refractivity contribution >= 4 is 11.9 Å². The van der Waals surface area contributed by atoms with E-state index in [2.05, 4.69) is 32.9 Å². The molecule has 0 atom stereocenters. The number of hydrogen-bond acceptors (Lipinski definition) is 5. The zero-order chi connectivity index (χ0) is 50.6. The largest absolute Gasteiger partial charge is 0.463 e. The van der Waals surface area contributed by atoms with Gasteiger partial charge in [0.2, 0.25) is 0 Å². The van der Waals surface area contributed by atoms with E-state index in [0.717, 1.165) is 38.5 Å². The Hall–Kier alpha value is -1.36. The van der Waals surface area contributed by atoms with Crippen LogP contribution in [0.3, 0.4) is 0 Å². The highest BCUT2D eigenvalue weighted by molar-refractivity contribution is 5.69. The van der Waals surface area contributed by atoms with Crippen LogP contribution in [0.5, 0.6) is 0 Å². The average Bonchev–Trinajstić information content (AvgIpc) is 3.36. The van der Waals surface area contributed by atoms with E-state index in [4.69, 9.17) is 14.2 Å². The number of unbranched alkanes of at least 4 members (excludes halogenated alkanes) is 48. The fraction of sp³-hybridized carbons (Fsp3) is 0.938. The topological polar surface area (TPSA) is 61.8 Å². The molecule has 0 aliphatic rings. The Morgan fingerprint density at radius 3 is 0.757 bits per heavy atom. The van der Waals surface area contributed by atoms with Crippen molar-refractivity contribution in [3.05, 3.63) is 12.2 Å². The van der Waals surface area contributed by atoms with E-state index in [1.54, 1.807) is 0 Å². The predicted molar refractivity (Wildman–Crippen MR) is 307 cm³/mol. The molecule has 0 spiro atoms. The van der Waals surface area contributed by atoms with Crippen LogP contribution in [0, 0.1) is 0 Å². The van der Waals surface area contributed by atoms with Crippen LogP contribution in [0.15, 0.2) is 12.2 Å². The molecule has 70 heavy (non-hydrogen) atoms. The first-order chi connectivity index (χ1) is 34.6. The van der Waals surface area contributed by atoms with Gasteiger partial charge in [-0.05, 0) is 44.9 Å². The highest BCUT2D eigenvalue weighted by atomic mass is 16.6. The van der Waals surface area contributed by atoms with E-state index in [-0.39, 0.29) is 25.2 Å². The zero-order valence-electron chi connectivity index (χ0n) is 48.1. The lowest BCUT2D eigenvalue weighted by Gasteiger charge is -2.18. The molecular weight excluding hydrogens is 861 g/mol. The molecule has 0 aromatic carbocycles. The molecule has 0 aliphatic heterocycles. The molecule has 416 valence electrons. The van der Waals surface area contributed by atoms with Gasteiger partial charge in [0.25, 0.3) is 0 Å². The van der Waals surface area contributed by atoms with Crippen molar-refractivity contribution in [2.24, 2.45) is 0 Å². The summed E-state index contributed by atoms with van der Waals surface area (Å²) in [7, 11) is 0. The third kappa shape index (κ3) is 59.2. The highest BCUT2D eigenvalue weighted by Gasteiger charge is 2.16. The SMILES string of the molecule is CCCCCCCCC=CCCCCCCCCOC(COC(=O)CCCCCCCCCCCCCCCCCCCCC)COC(=O)CCCCCCCCCCCCCCCCCCCCC. The van der Waals surface area contributed by atoms with Crippen LogP contribution in [0.2, 0.25) is 0 Å². The maximum atomic E-state index is 12.7. The quantitative estimate of drug-likeness (QED) is 0.0345. The maximum Gasteiger partial charge on any atom is 0.305 e. The number of hydrogen-bond donors (Lipinski definition) is 0. The molecule has 0 bridgehead atoms. The number of ether oxygens (including phenoxy) is 3. The van der Waals surface area contributed by atoms with Crippen molar-refractivity contribution in [3.8, 4) is 0 Å². The van der Waals surface area contributed by atoms with Gasteiger partial charge in [-0.3, -0.25) is 9.59 Å². The summed E-state index contributed by atoms with van der Waals surface area (Å²) in [4.78, 5) is 25.4. The molecule has 0 heterocycles. The molecule has 0 saturated carbocycles. The minimum atomic E-state index is -0.397. The summed E-state index contributed by atoms with van der Waals surface area (Å²) in [6.45, 7) is 7.81. The number of allylic oxidation sites excluding steroid dienone is 2. The molecule has 0 aromatic rings. The second kappa shape index (κ2) is 61.9. The molecule has 0 aromatic heterocycles. The summed E-state index contributed by atoms with van der Waals surface area (Å²) in [5.74, 6) is -0.309. The number of carbonyl (C=O) groups is 2. The number of esters is 2. The van der Waals surface area contributed by atoms with Crippen molar-refractivity contribution in [2.45, 2.75) is 374 Å². The van der Waals surface area contributed by atoms with Crippen molar-refractivity contribution in [1.82, 2.24) is 0 Å². The summed E-state index contributed by atoms with van der Waals surface area (Å²) in [5, 5.41) is 0. The number of carbonyl (C=O) groups excluding carboxylic acids is 2. The minimum absolute atomic E-state index is 0.154. The molecular formula is C65H126O5. The zero-order valence-corrected chi connectivity index (χ0v) is 48.1. The number of rotatable bonds is 61. The lowest BCUT2D eigenvalue weighted by molar-refractivity contribution is -0.155. The van der Waals surface area contributed by atoms with Gasteiger partial charge >= 0.3 is 11.9 Å². The average molecular weight is 988 g/mol. The van der Waals surface area contributed by atoms with E-state index in [9.17, 15) is 9.59 Å². The molecule has 0 saturated heterocycles. The lowest BCUT2D eigenvalue weighted by atomic mass is 10.0. The van der Waals surface area contributed by atoms with Gasteiger partial charge in [-0.15, -0.1) is 0 Å². The normalized spacial score (nSPS) is 11.7. The van der Waals surface area contributed by atoms with Crippen molar-refractivity contribution in [2.75, 3.05) is 19.8 Å². The Bertz CT molecular complexity index is 967. The molecule has 0 rings (SSSR count). The molecule has 0 amide bonds. The Balaban J connectivity index is 4.18. The van der Waals surface area contributed by atoms with Gasteiger partial charge in [0.15, 0.2) is 0 Å². The predicted octanol–water partition coefficient (Wildman–Crippen LogP) is 22.1. The first-order valence-corrected chi connectivity index (χ1v) is 32.2. The van der Waals surface area contributed by atoms with Gasteiger partial charge in [0, 0.05) is 19.4 Å². The van der Waals surface area contributed by atoms with Crippen LogP contribution < -0.4 is 0 Å². The Morgan fingerprint density at radius 1 is 0.286 bits per heavy atom. The van der Waals surface area contributed by atoms with Gasteiger partial charge in [0.05, 0.1) is 0 Å². The van der Waals surface area contributed by atoms with E-state index >= 15 is 0 Å². The highest BCUT2D eigenvalue weighted by Crippen LogP contribution is 2.18. The van der Waals surface area contributed by atoms with E-state index in [1.165, 1.54) is 295 Å². The lowest BCUT2D eigenvalue weighted by Crippen LogP contribution is -2.29. The molecule has 0 unspecified atom stereocenters. The third-order valence-corrected chi connectivity index (χ3v) is 14.8. The van der Waals surface area contributed by atoms with E-state index < -0.39 is 6.10 Å². The molecule has 0 radical (unpaired) electrons. The summed E-state index contributed by atoms with van der Waals surface area (Å²) in [6.07, 6.45) is 74.2. The Labute approximate surface area is 439 Å². The van der Waals surface area contributed by atoms with E-state index in [1.807, 2.05) is 0 Å². The smallest absolute Gasteiger partial charge is 0.305 e. The van der Waals surface area contributed by atoms with Crippen LogP contribution in [-0.2, 0) is 23.8 Å². The summed E-state index contributed by atoms with van der Waals surface area (Å²) < 4.78 is 17.6. The molecule has 0 aliphatic carbocycles. The van der Waals surface area contributed by atoms with Crippen molar-refractivity contribution in [1.29, 1.82) is 0 Å². The second-order valence-corrected chi connectivity index (χ2v) is 22.0. The van der Waals surface area contributed by atoms with Crippen LogP contribution in [0.1, 0.15) is 367 Å². The Kier molecular flexibility index (Phi) is 60.7. The van der Waals surface area contributed by atoms with Crippen molar-refractivity contribution < 1.29 is 23.8 Å². The summed E-state index contributed by atoms with van der Waals surface area (Å²) in [5.41, 5.74) is 0. The van der Waals surface area contributed by atoms with Crippen LogP contribution in [0.25, 0.3) is 0 Å². The van der Waals surface area contributed by atoms with Gasteiger partial charge in [0.1, 0.15) is 19.3 Å². The molecule has 5 heteroatoms. The standard InChI is InChI=1S/C65H126O5/c1-4-7-10-13-16-19-22-25-28-31-33-35-37-40-43-46-49-52-55-58-64(66)69-61-63(68-60-57-54-51-48-45-42-39-30-27-24-21-18-15-12-9-6-3)62-70-65(67)59-56-53-50-47-44-41-38-36-34-32-29-26-23-20-17-14-11-8-5-2/h27,30,63H,4-26,28-29,31-62H2,1-3H3. The van der Waals surface area contributed by atoms with Crippen molar-refractivity contribution in [3.63, 3.8) is 0 Å². The van der Waals surface area contributed by atoms with Gasteiger partial charge in [-0.1, -0.05) is 322 Å². The second-order valence-electron chi connectivity index (χ2n) is 22.0. The Morgan fingerprint density at radius 2 is 0.500 bits per heavy atom. The molecule has 0 N–H and O–H groups in total. The van der Waals surface area contributed by atoms with Gasteiger partial charge in [-0.2, -0.15) is 0 Å². The van der Waals surface area contributed by atoms with Crippen LogP contribution in [0.4, 0.5) is 0 Å². The molecule has 0 fully saturated rings. The van der Waals surface area contributed by atoms with E-state index in [0.29, 0.717) is 19.4 Å². The molecule has 5 nitrogen and oxygen atoms in total. The summed E-state index contributed by atoms with van der Waals surface area (Å²) >= 11 is 0. The fourth-order valence-corrected chi connectivity index (χ4v) is 9.96. The monoisotopic (exact) mass is 987 g/mol.